The standard InChI is InChI=1S/C23H27N3O4/c1-4-15-11-17(21(28)12-20(15)27)23(30)26-13-16-7-5-8-19(18(16)14-26)24-22(29)9-6-10-25(2)3/h5-9,11-12,27-28H,4,10,13-14H2,1-3H3,(H,24,29)/b9-6+. The normalized spacial score (nSPS) is 13.1. The first-order valence-corrected chi connectivity index (χ1v) is 9.87. The Bertz CT molecular complexity index is 998. The molecule has 0 unspecified atom stereocenters. The van der Waals surface area contributed by atoms with E-state index in [1.54, 1.807) is 11.0 Å². The number of nitrogens with one attached hydrogen (secondary N) is 1. The van der Waals surface area contributed by atoms with Crippen LogP contribution in [0.25, 0.3) is 0 Å². The highest BCUT2D eigenvalue weighted by Crippen LogP contribution is 2.33. The number of likely N-dealkylation sites (N-methyl/N-ethyl adjacent to an activating group) is 1. The molecule has 0 saturated carbocycles. The first-order chi connectivity index (χ1) is 14.3. The number of hydrogen-bond acceptors (Lipinski definition) is 5. The minimum Gasteiger partial charge on any atom is -0.508 e. The van der Waals surface area contributed by atoms with Crippen LogP contribution in [-0.2, 0) is 24.3 Å². The van der Waals surface area contributed by atoms with E-state index in [9.17, 15) is 19.8 Å². The average molecular weight is 409 g/mol. The van der Waals surface area contributed by atoms with E-state index >= 15 is 0 Å². The molecular formula is C23H27N3O4. The first-order valence-electron chi connectivity index (χ1n) is 9.87. The molecule has 0 radical (unpaired) electrons. The van der Waals surface area contributed by atoms with Crippen molar-refractivity contribution in [2.24, 2.45) is 0 Å². The smallest absolute Gasteiger partial charge is 0.258 e. The van der Waals surface area contributed by atoms with Gasteiger partial charge >= 0.3 is 0 Å². The van der Waals surface area contributed by atoms with Gasteiger partial charge in [-0.2, -0.15) is 0 Å². The zero-order valence-electron chi connectivity index (χ0n) is 17.5. The number of phenols is 2. The van der Waals surface area contributed by atoms with Gasteiger partial charge in [0.15, 0.2) is 0 Å². The number of fused-ring (bicyclic) bond motifs is 1. The van der Waals surface area contributed by atoms with Crippen LogP contribution in [0.2, 0.25) is 0 Å². The number of carbonyl (C=O) groups excluding carboxylic acids is 2. The van der Waals surface area contributed by atoms with E-state index in [4.69, 9.17) is 0 Å². The third-order valence-corrected chi connectivity index (χ3v) is 5.08. The maximum Gasteiger partial charge on any atom is 0.258 e. The molecule has 7 nitrogen and oxygen atoms in total. The number of nitrogens with zero attached hydrogens (tertiary/aromatic N) is 2. The lowest BCUT2D eigenvalue weighted by Gasteiger charge is -2.17. The summed E-state index contributed by atoms with van der Waals surface area (Å²) in [7, 11) is 3.85. The molecule has 158 valence electrons. The Balaban J connectivity index is 1.77. The predicted octanol–water partition coefficient (Wildman–Crippen LogP) is 2.87. The number of anilines is 1. The maximum absolute atomic E-state index is 13.0. The highest BCUT2D eigenvalue weighted by atomic mass is 16.3. The van der Waals surface area contributed by atoms with E-state index in [0.717, 1.165) is 11.1 Å². The van der Waals surface area contributed by atoms with Gasteiger partial charge in [-0.1, -0.05) is 25.1 Å². The molecule has 30 heavy (non-hydrogen) atoms. The third-order valence-electron chi connectivity index (χ3n) is 5.08. The predicted molar refractivity (Wildman–Crippen MR) is 115 cm³/mol. The van der Waals surface area contributed by atoms with E-state index < -0.39 is 0 Å². The van der Waals surface area contributed by atoms with Crippen LogP contribution >= 0.6 is 0 Å². The van der Waals surface area contributed by atoms with E-state index in [-0.39, 0.29) is 28.9 Å². The minimum atomic E-state index is -0.318. The summed E-state index contributed by atoms with van der Waals surface area (Å²) < 4.78 is 0. The third kappa shape index (κ3) is 4.63. The van der Waals surface area contributed by atoms with Crippen molar-refractivity contribution in [3.8, 4) is 11.5 Å². The van der Waals surface area contributed by atoms with Crippen LogP contribution in [-0.4, -0.2) is 52.5 Å². The molecule has 2 aromatic carbocycles. The van der Waals surface area contributed by atoms with Crippen molar-refractivity contribution in [2.45, 2.75) is 26.4 Å². The second-order valence-electron chi connectivity index (χ2n) is 7.61. The summed E-state index contributed by atoms with van der Waals surface area (Å²) in [6.45, 7) is 3.25. The molecule has 0 bridgehead atoms. The average Bonchev–Trinajstić information content (AvgIpc) is 3.13. The fraction of sp³-hybridized carbons (Fsp3) is 0.304. The van der Waals surface area contributed by atoms with Crippen LogP contribution in [0.15, 0.2) is 42.5 Å². The van der Waals surface area contributed by atoms with Gasteiger partial charge in [0.2, 0.25) is 5.91 Å². The molecule has 7 heteroatoms. The lowest BCUT2D eigenvalue weighted by atomic mass is 10.1. The molecule has 0 atom stereocenters. The second-order valence-corrected chi connectivity index (χ2v) is 7.61. The summed E-state index contributed by atoms with van der Waals surface area (Å²) in [6.07, 6.45) is 3.83. The zero-order chi connectivity index (χ0) is 21.8. The zero-order valence-corrected chi connectivity index (χ0v) is 17.5. The minimum absolute atomic E-state index is 0.0245. The largest absolute Gasteiger partial charge is 0.508 e. The maximum atomic E-state index is 13.0. The van der Waals surface area contributed by atoms with Crippen LogP contribution in [0.5, 0.6) is 11.5 Å². The van der Waals surface area contributed by atoms with E-state index in [2.05, 4.69) is 5.32 Å². The van der Waals surface area contributed by atoms with Crippen molar-refractivity contribution in [3.05, 3.63) is 64.7 Å². The van der Waals surface area contributed by atoms with Crippen LogP contribution in [0.4, 0.5) is 5.69 Å². The molecule has 3 N–H and O–H groups in total. The van der Waals surface area contributed by atoms with Gasteiger partial charge < -0.3 is 25.3 Å². The molecule has 0 aliphatic carbocycles. The summed E-state index contributed by atoms with van der Waals surface area (Å²) in [4.78, 5) is 28.8. The number of amides is 2. The SMILES string of the molecule is CCc1cc(C(=O)N2Cc3cccc(NC(=O)/C=C/CN(C)C)c3C2)c(O)cc1O. The van der Waals surface area contributed by atoms with Gasteiger partial charge in [0, 0.05) is 43.0 Å². The van der Waals surface area contributed by atoms with Gasteiger partial charge in [-0.3, -0.25) is 9.59 Å². The Hall–Kier alpha value is -3.32. The first kappa shape index (κ1) is 21.4. The van der Waals surface area contributed by atoms with Crippen molar-refractivity contribution in [3.63, 3.8) is 0 Å². The van der Waals surface area contributed by atoms with Gasteiger partial charge in [-0.05, 0) is 43.8 Å². The number of benzene rings is 2. The Labute approximate surface area is 176 Å². The second kappa shape index (κ2) is 9.00. The molecule has 0 aromatic heterocycles. The lowest BCUT2D eigenvalue weighted by Crippen LogP contribution is -2.25. The molecule has 1 aliphatic rings. The van der Waals surface area contributed by atoms with Crippen molar-refractivity contribution in [1.82, 2.24) is 9.80 Å². The van der Waals surface area contributed by atoms with Crippen molar-refractivity contribution >= 4 is 17.5 Å². The quantitative estimate of drug-likeness (QED) is 0.638. The van der Waals surface area contributed by atoms with E-state index in [1.165, 1.54) is 18.2 Å². The van der Waals surface area contributed by atoms with Crippen LogP contribution in [0, 0.1) is 0 Å². The molecule has 0 fully saturated rings. The van der Waals surface area contributed by atoms with E-state index in [0.29, 0.717) is 37.3 Å². The summed E-state index contributed by atoms with van der Waals surface area (Å²) in [6, 6.07) is 8.33. The summed E-state index contributed by atoms with van der Waals surface area (Å²) in [5, 5.41) is 22.9. The molecular weight excluding hydrogens is 382 g/mol. The number of aromatic hydroxyl groups is 2. The molecule has 0 spiro atoms. The molecule has 0 saturated heterocycles. The number of carbonyl (C=O) groups is 2. The number of phenolic OH excluding ortho intramolecular Hbond substituents is 2. The summed E-state index contributed by atoms with van der Waals surface area (Å²) in [5.41, 5.74) is 3.27. The number of aryl methyl sites for hydroxylation is 1. The summed E-state index contributed by atoms with van der Waals surface area (Å²) in [5.74, 6) is -0.811. The van der Waals surface area contributed by atoms with E-state index in [1.807, 2.05) is 44.1 Å². The van der Waals surface area contributed by atoms with Crippen LogP contribution in [0.1, 0.15) is 34.0 Å². The van der Waals surface area contributed by atoms with Crippen molar-refractivity contribution in [2.75, 3.05) is 26.0 Å². The topological polar surface area (TPSA) is 93.1 Å². The highest BCUT2D eigenvalue weighted by molar-refractivity contribution is 6.00. The van der Waals surface area contributed by atoms with Crippen molar-refractivity contribution in [1.29, 1.82) is 0 Å². The fourth-order valence-corrected chi connectivity index (χ4v) is 3.47. The molecule has 3 rings (SSSR count). The van der Waals surface area contributed by atoms with Gasteiger partial charge in [0.1, 0.15) is 11.5 Å². The van der Waals surface area contributed by atoms with Crippen LogP contribution < -0.4 is 5.32 Å². The Morgan fingerprint density at radius 2 is 1.93 bits per heavy atom. The molecule has 1 aliphatic heterocycles. The van der Waals surface area contributed by atoms with Gasteiger partial charge in [-0.15, -0.1) is 0 Å². The number of hydrogen-bond donors (Lipinski definition) is 3. The monoisotopic (exact) mass is 409 g/mol. The van der Waals surface area contributed by atoms with Gasteiger partial charge in [-0.25, -0.2) is 0 Å². The fourth-order valence-electron chi connectivity index (χ4n) is 3.47. The summed E-state index contributed by atoms with van der Waals surface area (Å²) >= 11 is 0. The molecule has 2 amide bonds. The lowest BCUT2D eigenvalue weighted by molar-refractivity contribution is -0.111. The Morgan fingerprint density at radius 1 is 1.17 bits per heavy atom. The van der Waals surface area contributed by atoms with Crippen LogP contribution in [0.3, 0.4) is 0 Å². The van der Waals surface area contributed by atoms with Gasteiger partial charge in [0.25, 0.3) is 5.91 Å². The van der Waals surface area contributed by atoms with Crippen molar-refractivity contribution < 1.29 is 19.8 Å². The van der Waals surface area contributed by atoms with Gasteiger partial charge in [0.05, 0.1) is 5.56 Å². The number of rotatable bonds is 6. The molecule has 1 heterocycles. The Kier molecular flexibility index (Phi) is 6.42. The highest BCUT2D eigenvalue weighted by Gasteiger charge is 2.28. The molecule has 2 aromatic rings. The Morgan fingerprint density at radius 3 is 2.63 bits per heavy atom.